The summed E-state index contributed by atoms with van der Waals surface area (Å²) in [7, 11) is -4.11. The van der Waals surface area contributed by atoms with Crippen molar-refractivity contribution in [2.75, 3.05) is 0 Å². The Morgan fingerprint density at radius 2 is 1.48 bits per heavy atom. The predicted octanol–water partition coefficient (Wildman–Crippen LogP) is 6.23. The Balaban J connectivity index is 2.45. The van der Waals surface area contributed by atoms with Crippen LogP contribution in [0.1, 0.15) is 85.1 Å². The minimum absolute atomic E-state index is 0.00813. The number of hydrogen-bond acceptors (Lipinski definition) is 2. The zero-order valence-electron chi connectivity index (χ0n) is 16.6. The Kier molecular flexibility index (Phi) is 8.62. The van der Waals surface area contributed by atoms with Crippen LogP contribution in [0, 0.1) is 11.8 Å². The first kappa shape index (κ1) is 22.2. The van der Waals surface area contributed by atoms with Crippen LogP contribution in [0.3, 0.4) is 0 Å². The molecule has 1 aromatic rings. The fourth-order valence-corrected chi connectivity index (χ4v) is 3.76. The van der Waals surface area contributed by atoms with Crippen LogP contribution in [0.15, 0.2) is 29.2 Å². The molecule has 0 aliphatic carbocycles. The lowest BCUT2D eigenvalue weighted by Gasteiger charge is -2.26. The fraction of sp³-hybridized carbons (Fsp3) is 0.714. The summed E-state index contributed by atoms with van der Waals surface area (Å²) in [6.45, 7) is 11.3. The molecule has 3 nitrogen and oxygen atoms in total. The van der Waals surface area contributed by atoms with E-state index in [1.165, 1.54) is 50.7 Å². The van der Waals surface area contributed by atoms with E-state index < -0.39 is 10.1 Å². The van der Waals surface area contributed by atoms with Gasteiger partial charge in [0.05, 0.1) is 4.90 Å². The zero-order valence-corrected chi connectivity index (χ0v) is 17.4. The first-order valence-electron chi connectivity index (χ1n) is 9.64. The highest BCUT2D eigenvalue weighted by Gasteiger charge is 2.21. The lowest BCUT2D eigenvalue weighted by atomic mass is 9.79. The maximum Gasteiger partial charge on any atom is 0.294 e. The average Bonchev–Trinajstić information content (AvgIpc) is 2.53. The quantitative estimate of drug-likeness (QED) is 0.471. The van der Waals surface area contributed by atoms with Crippen LogP contribution >= 0.6 is 0 Å². The van der Waals surface area contributed by atoms with Crippen molar-refractivity contribution in [1.82, 2.24) is 0 Å². The van der Waals surface area contributed by atoms with Gasteiger partial charge >= 0.3 is 0 Å². The highest BCUT2D eigenvalue weighted by molar-refractivity contribution is 7.85. The van der Waals surface area contributed by atoms with Crippen LogP contribution < -0.4 is 0 Å². The molecule has 0 amide bonds. The maximum atomic E-state index is 11.1. The van der Waals surface area contributed by atoms with Gasteiger partial charge in [0.2, 0.25) is 0 Å². The summed E-state index contributed by atoms with van der Waals surface area (Å²) in [5.74, 6) is 1.61. The van der Waals surface area contributed by atoms with E-state index in [0.29, 0.717) is 0 Å². The highest BCUT2D eigenvalue weighted by Crippen LogP contribution is 2.31. The SMILES string of the molecule is CCC(C)CCCC(C)CCCC(C)(C)c1ccc(S(=O)(=O)O)cc1. The molecule has 0 aliphatic rings. The minimum atomic E-state index is -4.11. The second kappa shape index (κ2) is 9.72. The van der Waals surface area contributed by atoms with E-state index in [1.807, 2.05) is 12.1 Å². The van der Waals surface area contributed by atoms with Gasteiger partial charge < -0.3 is 0 Å². The third-order valence-corrected chi connectivity index (χ3v) is 6.39. The van der Waals surface area contributed by atoms with E-state index in [9.17, 15) is 8.42 Å². The Morgan fingerprint density at radius 1 is 0.960 bits per heavy atom. The molecule has 4 heteroatoms. The highest BCUT2D eigenvalue weighted by atomic mass is 32.2. The molecule has 0 saturated heterocycles. The predicted molar refractivity (Wildman–Crippen MR) is 106 cm³/mol. The van der Waals surface area contributed by atoms with Gasteiger partial charge in [-0.2, -0.15) is 8.42 Å². The molecule has 0 radical (unpaired) electrons. The molecule has 1 aromatic carbocycles. The zero-order chi connectivity index (χ0) is 19.1. The summed E-state index contributed by atoms with van der Waals surface area (Å²) >= 11 is 0. The molecule has 0 spiro atoms. The first-order chi connectivity index (χ1) is 11.6. The second-order valence-corrected chi connectivity index (χ2v) is 9.75. The molecule has 0 fully saturated rings. The van der Waals surface area contributed by atoms with Gasteiger partial charge in [0.25, 0.3) is 10.1 Å². The summed E-state index contributed by atoms with van der Waals surface area (Å²) in [5.41, 5.74) is 1.12. The van der Waals surface area contributed by atoms with E-state index in [4.69, 9.17) is 4.55 Å². The van der Waals surface area contributed by atoms with Gasteiger partial charge in [-0.25, -0.2) is 0 Å². The van der Waals surface area contributed by atoms with Crippen LogP contribution in [0.4, 0.5) is 0 Å². The molecule has 0 heterocycles. The van der Waals surface area contributed by atoms with Crippen molar-refractivity contribution >= 4 is 10.1 Å². The van der Waals surface area contributed by atoms with Gasteiger partial charge in [0, 0.05) is 0 Å². The molecule has 25 heavy (non-hydrogen) atoms. The lowest BCUT2D eigenvalue weighted by Crippen LogP contribution is -2.17. The number of rotatable bonds is 11. The van der Waals surface area contributed by atoms with Gasteiger partial charge in [-0.1, -0.05) is 85.3 Å². The van der Waals surface area contributed by atoms with Gasteiger partial charge in [-0.15, -0.1) is 0 Å². The maximum absolute atomic E-state index is 11.1. The molecule has 0 saturated carbocycles. The van der Waals surface area contributed by atoms with Crippen LogP contribution in [-0.2, 0) is 15.5 Å². The van der Waals surface area contributed by atoms with Crippen LogP contribution in [0.2, 0.25) is 0 Å². The van der Waals surface area contributed by atoms with Crippen molar-refractivity contribution in [3.8, 4) is 0 Å². The van der Waals surface area contributed by atoms with Gasteiger partial charge in [-0.05, 0) is 41.4 Å². The topological polar surface area (TPSA) is 54.4 Å². The van der Waals surface area contributed by atoms with Gasteiger partial charge in [0.15, 0.2) is 0 Å². The van der Waals surface area contributed by atoms with E-state index in [-0.39, 0.29) is 10.3 Å². The molecule has 1 rings (SSSR count). The van der Waals surface area contributed by atoms with Gasteiger partial charge in [0.1, 0.15) is 0 Å². The molecule has 2 atom stereocenters. The Bertz CT molecular complexity index is 603. The van der Waals surface area contributed by atoms with E-state index in [2.05, 4.69) is 34.6 Å². The van der Waals surface area contributed by atoms with E-state index in [0.717, 1.165) is 23.8 Å². The molecule has 1 N–H and O–H groups in total. The van der Waals surface area contributed by atoms with Crippen molar-refractivity contribution in [2.24, 2.45) is 11.8 Å². The van der Waals surface area contributed by atoms with Crippen LogP contribution in [-0.4, -0.2) is 13.0 Å². The molecular weight excluding hydrogens is 332 g/mol. The summed E-state index contributed by atoms with van der Waals surface area (Å²) in [6, 6.07) is 6.62. The summed E-state index contributed by atoms with van der Waals surface area (Å²) in [4.78, 5) is -0.0398. The summed E-state index contributed by atoms with van der Waals surface area (Å²) in [6.07, 6.45) is 8.76. The molecular formula is C21H36O3S. The van der Waals surface area contributed by atoms with Gasteiger partial charge in [-0.3, -0.25) is 4.55 Å². The van der Waals surface area contributed by atoms with E-state index in [1.54, 1.807) is 0 Å². The van der Waals surface area contributed by atoms with Crippen molar-refractivity contribution < 1.29 is 13.0 Å². The largest absolute Gasteiger partial charge is 0.294 e. The Morgan fingerprint density at radius 3 is 2.00 bits per heavy atom. The molecule has 144 valence electrons. The lowest BCUT2D eigenvalue weighted by molar-refractivity contribution is 0.379. The third-order valence-electron chi connectivity index (χ3n) is 5.52. The monoisotopic (exact) mass is 368 g/mol. The second-order valence-electron chi connectivity index (χ2n) is 8.33. The molecule has 0 bridgehead atoms. The summed E-state index contributed by atoms with van der Waals surface area (Å²) < 4.78 is 31.4. The Hall–Kier alpha value is -0.870. The standard InChI is InChI=1S/C21H36O3S/c1-6-17(2)9-7-10-18(3)11-8-16-21(4,5)19-12-14-20(15-13-19)25(22,23)24/h12-15,17-18H,6-11,16H2,1-5H3,(H,22,23,24). The van der Waals surface area contributed by atoms with Crippen molar-refractivity contribution in [3.05, 3.63) is 29.8 Å². The Labute approximate surface area is 155 Å². The van der Waals surface area contributed by atoms with Crippen LogP contribution in [0.25, 0.3) is 0 Å². The molecule has 2 unspecified atom stereocenters. The number of hydrogen-bond donors (Lipinski definition) is 1. The van der Waals surface area contributed by atoms with Crippen molar-refractivity contribution in [3.63, 3.8) is 0 Å². The molecule has 0 aromatic heterocycles. The normalized spacial score (nSPS) is 15.1. The smallest absolute Gasteiger partial charge is 0.282 e. The summed E-state index contributed by atoms with van der Waals surface area (Å²) in [5, 5.41) is 0. The van der Waals surface area contributed by atoms with Crippen LogP contribution in [0.5, 0.6) is 0 Å². The minimum Gasteiger partial charge on any atom is -0.282 e. The fourth-order valence-electron chi connectivity index (χ4n) is 3.28. The molecule has 0 aliphatic heterocycles. The third kappa shape index (κ3) is 7.91. The number of benzene rings is 1. The van der Waals surface area contributed by atoms with Crippen molar-refractivity contribution in [1.29, 1.82) is 0 Å². The average molecular weight is 369 g/mol. The first-order valence-corrected chi connectivity index (χ1v) is 11.1. The van der Waals surface area contributed by atoms with Crippen molar-refractivity contribution in [2.45, 2.75) is 89.9 Å². The van der Waals surface area contributed by atoms with E-state index >= 15 is 0 Å².